The van der Waals surface area contributed by atoms with Crippen LogP contribution >= 0.6 is 0 Å². The van der Waals surface area contributed by atoms with Gasteiger partial charge in [0.25, 0.3) is 0 Å². The summed E-state index contributed by atoms with van der Waals surface area (Å²) in [5.41, 5.74) is 5.75. The number of nitrogens with two attached hydrogens (primary N) is 1. The molecule has 0 saturated heterocycles. The van der Waals surface area contributed by atoms with Gasteiger partial charge in [0.1, 0.15) is 0 Å². The Kier molecular flexibility index (Phi) is 4.99. The lowest BCUT2D eigenvalue weighted by molar-refractivity contribution is -0.122. The number of hydrogen-bond acceptors (Lipinski definition) is 2. The van der Waals surface area contributed by atoms with Crippen molar-refractivity contribution in [3.8, 4) is 0 Å². The molecule has 0 radical (unpaired) electrons. The molecule has 3 N–H and O–H groups in total. The van der Waals surface area contributed by atoms with Crippen LogP contribution in [0.4, 0.5) is 0 Å². The fraction of sp³-hybridized carbons (Fsp3) is 0.900. The van der Waals surface area contributed by atoms with Gasteiger partial charge in [-0.05, 0) is 18.3 Å². The number of rotatable bonds is 5. The van der Waals surface area contributed by atoms with Gasteiger partial charge in [-0.3, -0.25) is 4.79 Å². The van der Waals surface area contributed by atoms with Crippen LogP contribution in [-0.2, 0) is 4.79 Å². The number of hydrogen-bond donors (Lipinski definition) is 2. The second-order valence-corrected chi connectivity index (χ2v) is 4.25. The monoisotopic (exact) mass is 186 g/mol. The first-order valence-corrected chi connectivity index (χ1v) is 4.96. The standard InChI is InChI=1S/C10H22N2O/c1-5-8(11)9(13)12-7-10(3,4)6-2/h8H,5-7,11H2,1-4H3,(H,12,13)/t8-/m0/s1. The molecule has 0 spiro atoms. The molecule has 0 unspecified atom stereocenters. The van der Waals surface area contributed by atoms with Crippen molar-refractivity contribution in [2.75, 3.05) is 6.54 Å². The van der Waals surface area contributed by atoms with Crippen molar-refractivity contribution < 1.29 is 4.79 Å². The molecule has 0 aromatic heterocycles. The van der Waals surface area contributed by atoms with Crippen LogP contribution in [-0.4, -0.2) is 18.5 Å². The topological polar surface area (TPSA) is 55.1 Å². The molecule has 3 nitrogen and oxygen atoms in total. The molecule has 13 heavy (non-hydrogen) atoms. The Morgan fingerprint density at radius 1 is 1.46 bits per heavy atom. The molecule has 0 aliphatic heterocycles. The normalized spacial score (nSPS) is 13.9. The van der Waals surface area contributed by atoms with Crippen LogP contribution in [0.25, 0.3) is 0 Å². The van der Waals surface area contributed by atoms with Gasteiger partial charge in [0.05, 0.1) is 6.04 Å². The van der Waals surface area contributed by atoms with Gasteiger partial charge in [-0.25, -0.2) is 0 Å². The second kappa shape index (κ2) is 5.22. The van der Waals surface area contributed by atoms with Crippen LogP contribution in [0.3, 0.4) is 0 Å². The zero-order valence-corrected chi connectivity index (χ0v) is 9.18. The fourth-order valence-electron chi connectivity index (χ4n) is 0.768. The minimum Gasteiger partial charge on any atom is -0.354 e. The lowest BCUT2D eigenvalue weighted by atomic mass is 9.90. The minimum atomic E-state index is -0.354. The zero-order chi connectivity index (χ0) is 10.5. The molecule has 0 aliphatic carbocycles. The summed E-state index contributed by atoms with van der Waals surface area (Å²) < 4.78 is 0. The van der Waals surface area contributed by atoms with Gasteiger partial charge in [0.2, 0.25) is 5.91 Å². The van der Waals surface area contributed by atoms with E-state index in [9.17, 15) is 4.79 Å². The van der Waals surface area contributed by atoms with Gasteiger partial charge in [-0.1, -0.05) is 27.7 Å². The first kappa shape index (κ1) is 12.4. The lowest BCUT2D eigenvalue weighted by Crippen LogP contribution is -2.43. The molecule has 1 amide bonds. The average Bonchev–Trinajstić information content (AvgIpc) is 2.13. The number of nitrogens with one attached hydrogen (secondary N) is 1. The molecule has 0 aliphatic rings. The summed E-state index contributed by atoms with van der Waals surface area (Å²) in [6, 6.07) is -0.354. The van der Waals surface area contributed by atoms with Crippen molar-refractivity contribution in [3.63, 3.8) is 0 Å². The summed E-state index contributed by atoms with van der Waals surface area (Å²) in [6.07, 6.45) is 1.74. The van der Waals surface area contributed by atoms with Crippen LogP contribution in [0, 0.1) is 5.41 Å². The SMILES string of the molecule is CC[C@H](N)C(=O)NCC(C)(C)CC. The molecule has 0 bridgehead atoms. The number of carbonyl (C=O) groups is 1. The van der Waals surface area contributed by atoms with E-state index in [1.165, 1.54) is 0 Å². The van der Waals surface area contributed by atoms with Crippen molar-refractivity contribution in [1.82, 2.24) is 5.32 Å². The molecule has 0 aromatic rings. The highest BCUT2D eigenvalue weighted by atomic mass is 16.2. The van der Waals surface area contributed by atoms with Crippen molar-refractivity contribution in [2.24, 2.45) is 11.1 Å². The molecule has 1 atom stereocenters. The quantitative estimate of drug-likeness (QED) is 0.679. The van der Waals surface area contributed by atoms with Gasteiger partial charge in [-0.15, -0.1) is 0 Å². The van der Waals surface area contributed by atoms with E-state index in [2.05, 4.69) is 26.1 Å². The van der Waals surface area contributed by atoms with E-state index in [4.69, 9.17) is 5.73 Å². The van der Waals surface area contributed by atoms with Crippen LogP contribution in [0.15, 0.2) is 0 Å². The van der Waals surface area contributed by atoms with Crippen LogP contribution in [0.1, 0.15) is 40.5 Å². The number of amides is 1. The van der Waals surface area contributed by atoms with Gasteiger partial charge >= 0.3 is 0 Å². The van der Waals surface area contributed by atoms with E-state index >= 15 is 0 Å². The third kappa shape index (κ3) is 4.88. The van der Waals surface area contributed by atoms with Gasteiger partial charge in [0.15, 0.2) is 0 Å². The van der Waals surface area contributed by atoms with E-state index in [-0.39, 0.29) is 17.4 Å². The molecular formula is C10H22N2O. The predicted octanol–water partition coefficient (Wildman–Crippen LogP) is 1.28. The maximum absolute atomic E-state index is 11.3. The smallest absolute Gasteiger partial charge is 0.236 e. The molecule has 78 valence electrons. The van der Waals surface area contributed by atoms with Gasteiger partial charge in [-0.2, -0.15) is 0 Å². The van der Waals surface area contributed by atoms with Crippen molar-refractivity contribution in [2.45, 2.75) is 46.6 Å². The molecule has 0 heterocycles. The Morgan fingerprint density at radius 3 is 2.38 bits per heavy atom. The van der Waals surface area contributed by atoms with Gasteiger partial charge < -0.3 is 11.1 Å². The Bertz CT molecular complexity index is 166. The van der Waals surface area contributed by atoms with Crippen LogP contribution in [0.5, 0.6) is 0 Å². The van der Waals surface area contributed by atoms with Crippen molar-refractivity contribution in [1.29, 1.82) is 0 Å². The highest BCUT2D eigenvalue weighted by Gasteiger charge is 2.18. The van der Waals surface area contributed by atoms with E-state index in [0.717, 1.165) is 6.42 Å². The highest BCUT2D eigenvalue weighted by Crippen LogP contribution is 2.17. The second-order valence-electron chi connectivity index (χ2n) is 4.25. The largest absolute Gasteiger partial charge is 0.354 e. The maximum Gasteiger partial charge on any atom is 0.236 e. The molecule has 0 aromatic carbocycles. The summed E-state index contributed by atoms with van der Waals surface area (Å²) in [6.45, 7) is 8.99. The predicted molar refractivity (Wildman–Crippen MR) is 55.3 cm³/mol. The summed E-state index contributed by atoms with van der Waals surface area (Å²) in [4.78, 5) is 11.3. The van der Waals surface area contributed by atoms with E-state index in [0.29, 0.717) is 13.0 Å². The average molecular weight is 186 g/mol. The minimum absolute atomic E-state index is 0.0379. The summed E-state index contributed by atoms with van der Waals surface area (Å²) in [7, 11) is 0. The summed E-state index contributed by atoms with van der Waals surface area (Å²) in [5, 5.41) is 2.86. The molecular weight excluding hydrogens is 164 g/mol. The molecule has 0 rings (SSSR count). The Morgan fingerprint density at radius 2 is 2.00 bits per heavy atom. The zero-order valence-electron chi connectivity index (χ0n) is 9.18. The summed E-state index contributed by atoms with van der Waals surface area (Å²) >= 11 is 0. The third-order valence-electron chi connectivity index (χ3n) is 2.47. The summed E-state index contributed by atoms with van der Waals surface area (Å²) in [5.74, 6) is -0.0379. The van der Waals surface area contributed by atoms with Gasteiger partial charge in [0, 0.05) is 6.54 Å². The van der Waals surface area contributed by atoms with Crippen LogP contribution in [0.2, 0.25) is 0 Å². The Balaban J connectivity index is 3.83. The van der Waals surface area contributed by atoms with E-state index < -0.39 is 0 Å². The fourth-order valence-corrected chi connectivity index (χ4v) is 0.768. The first-order chi connectivity index (χ1) is 5.93. The molecule has 0 saturated carbocycles. The first-order valence-electron chi connectivity index (χ1n) is 4.96. The Hall–Kier alpha value is -0.570. The molecule has 0 fully saturated rings. The van der Waals surface area contributed by atoms with Crippen LogP contribution < -0.4 is 11.1 Å². The lowest BCUT2D eigenvalue weighted by Gasteiger charge is -2.23. The maximum atomic E-state index is 11.3. The van der Waals surface area contributed by atoms with Crippen molar-refractivity contribution in [3.05, 3.63) is 0 Å². The molecule has 3 heteroatoms. The number of carbonyl (C=O) groups excluding carboxylic acids is 1. The Labute approximate surface area is 81.1 Å². The third-order valence-corrected chi connectivity index (χ3v) is 2.47. The van der Waals surface area contributed by atoms with Crippen molar-refractivity contribution >= 4 is 5.91 Å². The highest BCUT2D eigenvalue weighted by molar-refractivity contribution is 5.81. The van der Waals surface area contributed by atoms with E-state index in [1.807, 2.05) is 6.92 Å². The van der Waals surface area contributed by atoms with E-state index in [1.54, 1.807) is 0 Å².